The Kier molecular flexibility index (Phi) is 6.53. The molecule has 0 aromatic heterocycles. The van der Waals surface area contributed by atoms with Crippen LogP contribution in [0, 0.1) is 11.3 Å². The van der Waals surface area contributed by atoms with Crippen LogP contribution in [0.4, 0.5) is 0 Å². The van der Waals surface area contributed by atoms with Crippen molar-refractivity contribution < 1.29 is 9.59 Å². The molecule has 0 atom stereocenters. The Hall–Kier alpha value is -0.770. The van der Waals surface area contributed by atoms with Gasteiger partial charge in [0.2, 0.25) is 11.8 Å². The summed E-state index contributed by atoms with van der Waals surface area (Å²) in [6, 6.07) is 0. The first-order valence-corrected chi connectivity index (χ1v) is 6.30. The molecule has 0 saturated heterocycles. The van der Waals surface area contributed by atoms with Crippen LogP contribution in [-0.4, -0.2) is 42.7 Å². The molecule has 0 radical (unpaired) electrons. The summed E-state index contributed by atoms with van der Waals surface area (Å²) in [4.78, 5) is 24.1. The molecule has 0 rings (SSSR count). The quantitative estimate of drug-likeness (QED) is 0.738. The van der Waals surface area contributed by atoms with E-state index in [1.165, 1.54) is 4.90 Å². The molecule has 4 nitrogen and oxygen atoms in total. The normalized spacial score (nSPS) is 11.5. The largest absolute Gasteiger partial charge is 0.354 e. The molecule has 100 valence electrons. The number of amides is 2. The average Bonchev–Trinajstić information content (AvgIpc) is 2.25. The maximum atomic E-state index is 11.6. The van der Waals surface area contributed by atoms with Gasteiger partial charge in [-0.2, -0.15) is 0 Å². The van der Waals surface area contributed by atoms with Gasteiger partial charge < -0.3 is 10.2 Å². The molecular weight excluding hydrogens is 240 g/mol. The van der Waals surface area contributed by atoms with Gasteiger partial charge in [-0.05, 0) is 11.3 Å². The van der Waals surface area contributed by atoms with Crippen LogP contribution >= 0.6 is 11.6 Å². The highest BCUT2D eigenvalue weighted by molar-refractivity contribution is 6.27. The molecule has 0 saturated carbocycles. The van der Waals surface area contributed by atoms with Crippen LogP contribution in [0.1, 0.15) is 27.7 Å². The summed E-state index contributed by atoms with van der Waals surface area (Å²) < 4.78 is 0. The number of carbonyl (C=O) groups excluding carboxylic acids is 2. The highest BCUT2D eigenvalue weighted by Crippen LogP contribution is 2.24. The third-order valence-corrected chi connectivity index (χ3v) is 3.45. The molecule has 0 aromatic carbocycles. The van der Waals surface area contributed by atoms with E-state index in [9.17, 15) is 9.59 Å². The summed E-state index contributed by atoms with van der Waals surface area (Å²) >= 11 is 5.40. The number of likely N-dealkylation sites (N-methyl/N-ethyl adjacent to an activating group) is 1. The first kappa shape index (κ1) is 16.2. The zero-order valence-electron chi connectivity index (χ0n) is 11.3. The van der Waals surface area contributed by atoms with E-state index in [-0.39, 0.29) is 29.7 Å². The fourth-order valence-electron chi connectivity index (χ4n) is 0.992. The first-order chi connectivity index (χ1) is 7.70. The van der Waals surface area contributed by atoms with E-state index in [2.05, 4.69) is 33.0 Å². The summed E-state index contributed by atoms with van der Waals surface area (Å²) in [5.74, 6) is -0.0176. The van der Waals surface area contributed by atoms with Crippen molar-refractivity contribution in [1.29, 1.82) is 0 Å². The molecule has 0 aliphatic rings. The van der Waals surface area contributed by atoms with Crippen molar-refractivity contribution in [2.75, 3.05) is 26.0 Å². The van der Waals surface area contributed by atoms with E-state index in [0.29, 0.717) is 12.5 Å². The van der Waals surface area contributed by atoms with Crippen LogP contribution in [0.2, 0.25) is 0 Å². The number of rotatable bonds is 6. The third kappa shape index (κ3) is 5.91. The molecule has 5 heteroatoms. The van der Waals surface area contributed by atoms with Crippen LogP contribution in [0.15, 0.2) is 0 Å². The third-order valence-electron chi connectivity index (χ3n) is 3.22. The van der Waals surface area contributed by atoms with Crippen molar-refractivity contribution in [2.45, 2.75) is 27.7 Å². The van der Waals surface area contributed by atoms with Gasteiger partial charge in [-0.1, -0.05) is 27.7 Å². The van der Waals surface area contributed by atoms with Gasteiger partial charge in [-0.25, -0.2) is 0 Å². The van der Waals surface area contributed by atoms with E-state index in [4.69, 9.17) is 11.6 Å². The minimum absolute atomic E-state index is 0.0464. The van der Waals surface area contributed by atoms with Gasteiger partial charge in [0.05, 0.1) is 6.54 Å². The van der Waals surface area contributed by atoms with Gasteiger partial charge >= 0.3 is 0 Å². The molecule has 0 aliphatic carbocycles. The minimum Gasteiger partial charge on any atom is -0.354 e. The molecule has 2 amide bonds. The van der Waals surface area contributed by atoms with Gasteiger partial charge in [-0.3, -0.25) is 9.59 Å². The van der Waals surface area contributed by atoms with Gasteiger partial charge in [-0.15, -0.1) is 11.6 Å². The summed E-state index contributed by atoms with van der Waals surface area (Å²) in [5, 5.41) is 2.84. The van der Waals surface area contributed by atoms with Crippen molar-refractivity contribution in [3.8, 4) is 0 Å². The van der Waals surface area contributed by atoms with Crippen LogP contribution < -0.4 is 5.32 Å². The van der Waals surface area contributed by atoms with Gasteiger partial charge in [0.25, 0.3) is 0 Å². The molecule has 0 aromatic rings. The van der Waals surface area contributed by atoms with Crippen LogP contribution in [0.3, 0.4) is 0 Å². The molecule has 0 heterocycles. The van der Waals surface area contributed by atoms with Crippen molar-refractivity contribution in [3.05, 3.63) is 0 Å². The molecule has 0 spiro atoms. The average molecular weight is 263 g/mol. The second-order valence-electron chi connectivity index (χ2n) is 5.30. The fraction of sp³-hybridized carbons (Fsp3) is 0.833. The summed E-state index contributed by atoms with van der Waals surface area (Å²) in [5.41, 5.74) is 0.0464. The summed E-state index contributed by atoms with van der Waals surface area (Å²) in [6.45, 7) is 9.11. The van der Waals surface area contributed by atoms with Crippen molar-refractivity contribution in [1.82, 2.24) is 10.2 Å². The molecule has 1 N–H and O–H groups in total. The van der Waals surface area contributed by atoms with E-state index in [0.717, 1.165) is 0 Å². The molecule has 0 bridgehead atoms. The number of halogens is 1. The minimum atomic E-state index is -0.245. The Balaban J connectivity index is 4.08. The standard InChI is InChI=1S/C12H23ClN2O2/c1-9(2)12(3,4)8-14-10(16)7-15(5)11(17)6-13/h9H,6-8H2,1-5H3,(H,14,16). The fourth-order valence-corrected chi connectivity index (χ4v) is 1.20. The lowest BCUT2D eigenvalue weighted by Crippen LogP contribution is -2.43. The number of alkyl halides is 1. The van der Waals surface area contributed by atoms with Crippen molar-refractivity contribution in [2.24, 2.45) is 11.3 Å². The number of hydrogen-bond acceptors (Lipinski definition) is 2. The lowest BCUT2D eigenvalue weighted by molar-refractivity contribution is -0.133. The number of nitrogens with one attached hydrogen (secondary N) is 1. The first-order valence-electron chi connectivity index (χ1n) is 5.77. The monoisotopic (exact) mass is 262 g/mol. The Labute approximate surface area is 109 Å². The maximum Gasteiger partial charge on any atom is 0.239 e. The maximum absolute atomic E-state index is 11.6. The topological polar surface area (TPSA) is 49.4 Å². The second kappa shape index (κ2) is 6.84. The van der Waals surface area contributed by atoms with Crippen LogP contribution in [0.25, 0.3) is 0 Å². The summed E-state index contributed by atoms with van der Waals surface area (Å²) in [6.07, 6.45) is 0. The smallest absolute Gasteiger partial charge is 0.239 e. The van der Waals surface area contributed by atoms with Crippen molar-refractivity contribution >= 4 is 23.4 Å². The molecular formula is C12H23ClN2O2. The predicted molar refractivity (Wildman–Crippen MR) is 70.0 cm³/mol. The van der Waals surface area contributed by atoms with Gasteiger partial charge in [0.1, 0.15) is 5.88 Å². The SMILES string of the molecule is CC(C)C(C)(C)CNC(=O)CN(C)C(=O)CCl. The van der Waals surface area contributed by atoms with Crippen LogP contribution in [0.5, 0.6) is 0 Å². The van der Waals surface area contributed by atoms with Gasteiger partial charge in [0, 0.05) is 13.6 Å². The Bertz CT molecular complexity index is 278. The van der Waals surface area contributed by atoms with E-state index in [1.807, 2.05) is 0 Å². The van der Waals surface area contributed by atoms with E-state index < -0.39 is 0 Å². The second-order valence-corrected chi connectivity index (χ2v) is 5.57. The molecule has 0 fully saturated rings. The molecule has 0 aliphatic heterocycles. The van der Waals surface area contributed by atoms with E-state index >= 15 is 0 Å². The Morgan fingerprint density at radius 1 is 1.35 bits per heavy atom. The number of carbonyl (C=O) groups is 2. The highest BCUT2D eigenvalue weighted by atomic mass is 35.5. The van der Waals surface area contributed by atoms with Crippen molar-refractivity contribution in [3.63, 3.8) is 0 Å². The molecule has 0 unspecified atom stereocenters. The number of hydrogen-bond donors (Lipinski definition) is 1. The zero-order chi connectivity index (χ0) is 13.6. The predicted octanol–water partition coefficient (Wildman–Crippen LogP) is 1.48. The zero-order valence-corrected chi connectivity index (χ0v) is 12.1. The Morgan fingerprint density at radius 3 is 2.29 bits per heavy atom. The summed E-state index contributed by atoms with van der Waals surface area (Å²) in [7, 11) is 1.57. The highest BCUT2D eigenvalue weighted by Gasteiger charge is 2.23. The van der Waals surface area contributed by atoms with Crippen LogP contribution in [-0.2, 0) is 9.59 Å². The lowest BCUT2D eigenvalue weighted by atomic mass is 9.81. The Morgan fingerprint density at radius 2 is 1.88 bits per heavy atom. The lowest BCUT2D eigenvalue weighted by Gasteiger charge is -2.29. The van der Waals surface area contributed by atoms with Gasteiger partial charge in [0.15, 0.2) is 0 Å². The molecule has 17 heavy (non-hydrogen) atoms. The number of nitrogens with zero attached hydrogens (tertiary/aromatic N) is 1. The van der Waals surface area contributed by atoms with E-state index in [1.54, 1.807) is 7.05 Å².